The summed E-state index contributed by atoms with van der Waals surface area (Å²) >= 11 is 0. The molecular formula is C17H26FN3O2. The number of hydrogen-bond donors (Lipinski definition) is 2. The van der Waals surface area contributed by atoms with Gasteiger partial charge in [0, 0.05) is 25.2 Å². The molecular weight excluding hydrogens is 297 g/mol. The summed E-state index contributed by atoms with van der Waals surface area (Å²) in [6, 6.07) is 6.14. The van der Waals surface area contributed by atoms with Crippen molar-refractivity contribution in [3.05, 3.63) is 30.1 Å². The summed E-state index contributed by atoms with van der Waals surface area (Å²) in [7, 11) is 0. The minimum Gasteiger partial charge on any atom is -0.492 e. The maximum Gasteiger partial charge on any atom is 0.234 e. The van der Waals surface area contributed by atoms with E-state index in [1.54, 1.807) is 12.1 Å². The molecule has 5 nitrogen and oxygen atoms in total. The highest BCUT2D eigenvalue weighted by atomic mass is 19.1. The average Bonchev–Trinajstić information content (AvgIpc) is 2.47. The summed E-state index contributed by atoms with van der Waals surface area (Å²) in [4.78, 5) is 14.1. The van der Waals surface area contributed by atoms with Crippen molar-refractivity contribution in [1.82, 2.24) is 10.2 Å². The van der Waals surface area contributed by atoms with Crippen LogP contribution < -0.4 is 15.8 Å². The Morgan fingerprint density at radius 3 is 3.00 bits per heavy atom. The maximum absolute atomic E-state index is 13.0. The molecule has 0 bridgehead atoms. The van der Waals surface area contributed by atoms with Crippen LogP contribution in [0.5, 0.6) is 5.75 Å². The van der Waals surface area contributed by atoms with Gasteiger partial charge in [0.2, 0.25) is 5.91 Å². The molecule has 0 spiro atoms. The van der Waals surface area contributed by atoms with Crippen LogP contribution >= 0.6 is 0 Å². The van der Waals surface area contributed by atoms with E-state index in [2.05, 4.69) is 24.1 Å². The Morgan fingerprint density at radius 2 is 2.30 bits per heavy atom. The minimum absolute atomic E-state index is 0.0268. The van der Waals surface area contributed by atoms with Crippen molar-refractivity contribution in [2.45, 2.75) is 26.3 Å². The van der Waals surface area contributed by atoms with Crippen LogP contribution in [0.3, 0.4) is 0 Å². The largest absolute Gasteiger partial charge is 0.492 e. The molecule has 1 unspecified atom stereocenters. The number of piperidine rings is 1. The van der Waals surface area contributed by atoms with Crippen molar-refractivity contribution in [3.8, 4) is 5.75 Å². The minimum atomic E-state index is -0.336. The van der Waals surface area contributed by atoms with E-state index in [0.717, 1.165) is 19.5 Å². The summed E-state index contributed by atoms with van der Waals surface area (Å²) in [6.07, 6.45) is 0.906. The van der Waals surface area contributed by atoms with Gasteiger partial charge in [-0.2, -0.15) is 0 Å². The number of benzene rings is 1. The van der Waals surface area contributed by atoms with Crippen molar-refractivity contribution in [3.63, 3.8) is 0 Å². The van der Waals surface area contributed by atoms with E-state index in [-0.39, 0.29) is 23.2 Å². The number of nitrogens with two attached hydrogens (primary N) is 1. The van der Waals surface area contributed by atoms with Gasteiger partial charge in [-0.15, -0.1) is 0 Å². The SMILES string of the molecule is CC1(C)CN(CC(=O)NCCOc2cccc(F)c2)CCC1N. The molecule has 1 aliphatic rings. The Bertz CT molecular complexity index is 536. The lowest BCUT2D eigenvalue weighted by molar-refractivity contribution is -0.123. The van der Waals surface area contributed by atoms with E-state index in [0.29, 0.717) is 25.4 Å². The summed E-state index contributed by atoms with van der Waals surface area (Å²) in [5, 5.41) is 2.82. The van der Waals surface area contributed by atoms with E-state index < -0.39 is 0 Å². The van der Waals surface area contributed by atoms with Gasteiger partial charge >= 0.3 is 0 Å². The highest BCUT2D eigenvalue weighted by Crippen LogP contribution is 2.27. The Kier molecular flexibility index (Phi) is 5.96. The van der Waals surface area contributed by atoms with Crippen LogP contribution in [0, 0.1) is 11.2 Å². The molecule has 1 saturated heterocycles. The fraction of sp³-hybridized carbons (Fsp3) is 0.588. The molecule has 0 aliphatic carbocycles. The van der Waals surface area contributed by atoms with Crippen LogP contribution in [0.4, 0.5) is 4.39 Å². The van der Waals surface area contributed by atoms with Crippen LogP contribution in [0.25, 0.3) is 0 Å². The van der Waals surface area contributed by atoms with Gasteiger partial charge in [-0.3, -0.25) is 9.69 Å². The topological polar surface area (TPSA) is 67.6 Å². The van der Waals surface area contributed by atoms with Crippen molar-refractivity contribution >= 4 is 5.91 Å². The van der Waals surface area contributed by atoms with Crippen LogP contribution in [-0.2, 0) is 4.79 Å². The van der Waals surface area contributed by atoms with E-state index >= 15 is 0 Å². The second kappa shape index (κ2) is 7.75. The maximum atomic E-state index is 13.0. The van der Waals surface area contributed by atoms with Crippen LogP contribution in [0.1, 0.15) is 20.3 Å². The van der Waals surface area contributed by atoms with Crippen LogP contribution in [0.2, 0.25) is 0 Å². The van der Waals surface area contributed by atoms with E-state index in [1.807, 2.05) is 0 Å². The van der Waals surface area contributed by atoms with Gasteiger partial charge in [0.05, 0.1) is 13.1 Å². The highest BCUT2D eigenvalue weighted by molar-refractivity contribution is 5.78. The molecule has 1 atom stereocenters. The van der Waals surface area contributed by atoms with Crippen molar-refractivity contribution in [2.24, 2.45) is 11.1 Å². The van der Waals surface area contributed by atoms with Crippen LogP contribution in [-0.4, -0.2) is 49.6 Å². The van der Waals surface area contributed by atoms with Crippen molar-refractivity contribution in [1.29, 1.82) is 0 Å². The molecule has 0 radical (unpaired) electrons. The van der Waals surface area contributed by atoms with Gasteiger partial charge in [0.25, 0.3) is 0 Å². The molecule has 0 aromatic heterocycles. The molecule has 3 N–H and O–H groups in total. The third-order valence-electron chi connectivity index (χ3n) is 4.25. The molecule has 128 valence electrons. The molecule has 1 fully saturated rings. The average molecular weight is 323 g/mol. The lowest BCUT2D eigenvalue weighted by Crippen LogP contribution is -2.54. The van der Waals surface area contributed by atoms with Gasteiger partial charge in [-0.1, -0.05) is 19.9 Å². The molecule has 1 aromatic carbocycles. The normalized spacial score (nSPS) is 21.0. The summed E-state index contributed by atoms with van der Waals surface area (Å²) < 4.78 is 18.4. The number of nitrogens with one attached hydrogen (secondary N) is 1. The number of likely N-dealkylation sites (tertiary alicyclic amines) is 1. The molecule has 1 aliphatic heterocycles. The Balaban J connectivity index is 1.65. The van der Waals surface area contributed by atoms with E-state index in [9.17, 15) is 9.18 Å². The zero-order valence-electron chi connectivity index (χ0n) is 13.8. The zero-order chi connectivity index (χ0) is 16.9. The molecule has 1 heterocycles. The van der Waals surface area contributed by atoms with Crippen molar-refractivity contribution in [2.75, 3.05) is 32.8 Å². The monoisotopic (exact) mass is 323 g/mol. The number of amides is 1. The standard InChI is InChI=1S/C17H26FN3O2/c1-17(2)12-21(8-6-15(17)19)11-16(22)20-7-9-23-14-5-3-4-13(18)10-14/h3-5,10,15H,6-9,11-12,19H2,1-2H3,(H,20,22). The first-order chi connectivity index (χ1) is 10.9. The van der Waals surface area contributed by atoms with Gasteiger partial charge in [-0.05, 0) is 24.0 Å². The van der Waals surface area contributed by atoms with Gasteiger partial charge < -0.3 is 15.8 Å². The zero-order valence-corrected chi connectivity index (χ0v) is 13.8. The van der Waals surface area contributed by atoms with Crippen LogP contribution in [0.15, 0.2) is 24.3 Å². The number of rotatable bonds is 6. The Hall–Kier alpha value is -1.66. The number of nitrogens with zero attached hydrogens (tertiary/aromatic N) is 1. The first-order valence-electron chi connectivity index (χ1n) is 8.00. The molecule has 23 heavy (non-hydrogen) atoms. The predicted octanol–water partition coefficient (Wildman–Crippen LogP) is 1.38. The smallest absolute Gasteiger partial charge is 0.234 e. The van der Waals surface area contributed by atoms with Gasteiger partial charge in [0.15, 0.2) is 0 Å². The predicted molar refractivity (Wildman–Crippen MR) is 87.7 cm³/mol. The first kappa shape index (κ1) is 17.7. The molecule has 2 rings (SSSR count). The lowest BCUT2D eigenvalue weighted by atomic mass is 9.80. The van der Waals surface area contributed by atoms with E-state index in [4.69, 9.17) is 10.5 Å². The third kappa shape index (κ3) is 5.48. The lowest BCUT2D eigenvalue weighted by Gasteiger charge is -2.42. The Morgan fingerprint density at radius 1 is 1.52 bits per heavy atom. The van der Waals surface area contributed by atoms with Gasteiger partial charge in [-0.25, -0.2) is 4.39 Å². The summed E-state index contributed by atoms with van der Waals surface area (Å²) in [6.45, 7) is 7.01. The second-order valence-corrected chi connectivity index (χ2v) is 6.75. The second-order valence-electron chi connectivity index (χ2n) is 6.75. The van der Waals surface area contributed by atoms with Gasteiger partial charge in [0.1, 0.15) is 18.2 Å². The fourth-order valence-corrected chi connectivity index (χ4v) is 2.80. The molecule has 1 aromatic rings. The first-order valence-corrected chi connectivity index (χ1v) is 8.00. The molecule has 1 amide bonds. The summed E-state index contributed by atoms with van der Waals surface area (Å²) in [5.74, 6) is 0.0996. The number of halogens is 1. The fourth-order valence-electron chi connectivity index (χ4n) is 2.80. The highest BCUT2D eigenvalue weighted by Gasteiger charge is 2.33. The number of hydrogen-bond acceptors (Lipinski definition) is 4. The quantitative estimate of drug-likeness (QED) is 0.776. The molecule has 0 saturated carbocycles. The Labute approximate surface area is 137 Å². The summed E-state index contributed by atoms with van der Waals surface area (Å²) in [5.41, 5.74) is 6.13. The van der Waals surface area contributed by atoms with E-state index in [1.165, 1.54) is 12.1 Å². The van der Waals surface area contributed by atoms with Crippen molar-refractivity contribution < 1.29 is 13.9 Å². The number of carbonyl (C=O) groups excluding carboxylic acids is 1. The number of ether oxygens (including phenoxy) is 1. The number of carbonyl (C=O) groups is 1. The molecule has 6 heteroatoms. The third-order valence-corrected chi connectivity index (χ3v) is 4.25.